The van der Waals surface area contributed by atoms with Crippen LogP contribution < -0.4 is 5.32 Å². The lowest BCUT2D eigenvalue weighted by Crippen LogP contribution is -2.14. The van der Waals surface area contributed by atoms with E-state index < -0.39 is 0 Å². The van der Waals surface area contributed by atoms with E-state index in [1.165, 1.54) is 5.56 Å². The summed E-state index contributed by atoms with van der Waals surface area (Å²) in [6.07, 6.45) is 5.05. The third kappa shape index (κ3) is 6.18. The first-order chi connectivity index (χ1) is 11.3. The van der Waals surface area contributed by atoms with Crippen molar-refractivity contribution in [3.63, 3.8) is 0 Å². The van der Waals surface area contributed by atoms with Gasteiger partial charge in [0.1, 0.15) is 0 Å². The summed E-state index contributed by atoms with van der Waals surface area (Å²) in [6.45, 7) is 1.09. The van der Waals surface area contributed by atoms with Gasteiger partial charge in [0.25, 0.3) is 0 Å². The van der Waals surface area contributed by atoms with Crippen LogP contribution in [0.2, 0.25) is 0 Å². The van der Waals surface area contributed by atoms with Crippen molar-refractivity contribution in [1.29, 1.82) is 0 Å². The number of hydrogen-bond acceptors (Lipinski definition) is 4. The molecule has 1 aromatic carbocycles. The zero-order valence-corrected chi connectivity index (χ0v) is 13.1. The number of rotatable bonds is 9. The first-order valence-electron chi connectivity index (χ1n) is 7.75. The van der Waals surface area contributed by atoms with Crippen LogP contribution in [0.15, 0.2) is 48.8 Å². The molecule has 0 aliphatic heterocycles. The predicted octanol–water partition coefficient (Wildman–Crippen LogP) is 2.55. The number of ether oxygens (including phenoxy) is 1. The number of nitrogens with one attached hydrogen (secondary N) is 1. The molecule has 2 rings (SSSR count). The van der Waals surface area contributed by atoms with E-state index in [4.69, 9.17) is 4.74 Å². The maximum atomic E-state index is 11.9. The molecule has 5 heteroatoms. The van der Waals surface area contributed by atoms with E-state index in [2.05, 4.69) is 22.4 Å². The fraction of sp³-hybridized carbons (Fsp3) is 0.333. The lowest BCUT2D eigenvalue weighted by molar-refractivity contribution is -0.116. The molecular formula is C18H22N2O3. The van der Waals surface area contributed by atoms with Gasteiger partial charge in [0, 0.05) is 24.8 Å². The number of carbonyl (C=O) groups excluding carboxylic acids is 1. The van der Waals surface area contributed by atoms with Crippen molar-refractivity contribution in [2.45, 2.75) is 25.9 Å². The number of carbonyl (C=O) groups is 1. The SMILES string of the molecule is O=C(CCCOCCc1ccccc1)Nc1cnccc1CO. The molecule has 122 valence electrons. The van der Waals surface area contributed by atoms with Crippen molar-refractivity contribution in [1.82, 2.24) is 4.98 Å². The second kappa shape index (κ2) is 9.71. The minimum absolute atomic E-state index is 0.0978. The third-order valence-electron chi connectivity index (χ3n) is 3.43. The average molecular weight is 314 g/mol. The summed E-state index contributed by atoms with van der Waals surface area (Å²) < 4.78 is 5.55. The van der Waals surface area contributed by atoms with E-state index in [9.17, 15) is 9.90 Å². The minimum atomic E-state index is -0.124. The van der Waals surface area contributed by atoms with Crippen molar-refractivity contribution in [3.05, 3.63) is 59.9 Å². The predicted molar refractivity (Wildman–Crippen MR) is 89.0 cm³/mol. The Morgan fingerprint density at radius 3 is 2.78 bits per heavy atom. The molecule has 0 aliphatic carbocycles. The standard InChI is InChI=1S/C18H22N2O3/c21-14-16-8-10-19-13-17(16)20-18(22)7-4-11-23-12-9-15-5-2-1-3-6-15/h1-3,5-6,8,10,13,21H,4,7,9,11-12,14H2,(H,20,22). The van der Waals surface area contributed by atoms with E-state index in [1.54, 1.807) is 18.5 Å². The lowest BCUT2D eigenvalue weighted by atomic mass is 10.2. The van der Waals surface area contributed by atoms with Crippen LogP contribution >= 0.6 is 0 Å². The first kappa shape index (κ1) is 17.1. The maximum Gasteiger partial charge on any atom is 0.224 e. The Morgan fingerprint density at radius 2 is 2.00 bits per heavy atom. The summed E-state index contributed by atoms with van der Waals surface area (Å²) in [5, 5.41) is 12.0. The number of pyridine rings is 1. The van der Waals surface area contributed by atoms with Crippen molar-refractivity contribution in [2.24, 2.45) is 0 Å². The van der Waals surface area contributed by atoms with Crippen LogP contribution in [-0.4, -0.2) is 29.2 Å². The number of benzene rings is 1. The Balaban J connectivity index is 1.60. The Bertz CT molecular complexity index is 602. The molecule has 2 N–H and O–H groups in total. The van der Waals surface area contributed by atoms with Gasteiger partial charge in [-0.3, -0.25) is 9.78 Å². The van der Waals surface area contributed by atoms with Gasteiger partial charge >= 0.3 is 0 Å². The first-order valence-corrected chi connectivity index (χ1v) is 7.75. The van der Waals surface area contributed by atoms with Crippen LogP contribution in [0.25, 0.3) is 0 Å². The molecule has 2 aromatic rings. The second-order valence-corrected chi connectivity index (χ2v) is 5.19. The summed E-state index contributed by atoms with van der Waals surface area (Å²) in [5.74, 6) is -0.0978. The van der Waals surface area contributed by atoms with Gasteiger partial charge < -0.3 is 15.2 Å². The number of nitrogens with zero attached hydrogens (tertiary/aromatic N) is 1. The van der Waals surface area contributed by atoms with Crippen LogP contribution in [0.3, 0.4) is 0 Å². The molecule has 0 bridgehead atoms. The fourth-order valence-electron chi connectivity index (χ4n) is 2.16. The van der Waals surface area contributed by atoms with Gasteiger partial charge in [-0.1, -0.05) is 30.3 Å². The second-order valence-electron chi connectivity index (χ2n) is 5.19. The highest BCUT2D eigenvalue weighted by molar-refractivity contribution is 5.91. The fourth-order valence-corrected chi connectivity index (χ4v) is 2.16. The summed E-state index contributed by atoms with van der Waals surface area (Å²) in [7, 11) is 0. The highest BCUT2D eigenvalue weighted by Crippen LogP contribution is 2.13. The highest BCUT2D eigenvalue weighted by atomic mass is 16.5. The normalized spacial score (nSPS) is 10.5. The van der Waals surface area contributed by atoms with Crippen LogP contribution in [0.5, 0.6) is 0 Å². The molecule has 23 heavy (non-hydrogen) atoms. The Kier molecular flexibility index (Phi) is 7.23. The van der Waals surface area contributed by atoms with Gasteiger partial charge in [-0.2, -0.15) is 0 Å². The van der Waals surface area contributed by atoms with Gasteiger partial charge in [-0.15, -0.1) is 0 Å². The van der Waals surface area contributed by atoms with Gasteiger partial charge in [0.2, 0.25) is 5.91 Å². The molecule has 0 radical (unpaired) electrons. The van der Waals surface area contributed by atoms with Crippen molar-refractivity contribution >= 4 is 11.6 Å². The molecule has 0 spiro atoms. The van der Waals surface area contributed by atoms with E-state index in [1.807, 2.05) is 18.2 Å². The molecule has 0 atom stereocenters. The molecule has 0 aliphatic rings. The zero-order valence-electron chi connectivity index (χ0n) is 13.1. The molecule has 1 aromatic heterocycles. The lowest BCUT2D eigenvalue weighted by Gasteiger charge is -2.09. The Morgan fingerprint density at radius 1 is 1.17 bits per heavy atom. The van der Waals surface area contributed by atoms with Crippen LogP contribution in [0.4, 0.5) is 5.69 Å². The number of hydrogen-bond donors (Lipinski definition) is 2. The molecule has 0 saturated heterocycles. The van der Waals surface area contributed by atoms with E-state index in [0.717, 1.165) is 6.42 Å². The average Bonchev–Trinajstić information content (AvgIpc) is 2.59. The molecule has 0 saturated carbocycles. The number of aromatic nitrogens is 1. The maximum absolute atomic E-state index is 11.9. The molecular weight excluding hydrogens is 292 g/mol. The largest absolute Gasteiger partial charge is 0.392 e. The van der Waals surface area contributed by atoms with E-state index in [0.29, 0.717) is 37.3 Å². The molecule has 0 fully saturated rings. The van der Waals surface area contributed by atoms with Gasteiger partial charge in [0.15, 0.2) is 0 Å². The quantitative estimate of drug-likeness (QED) is 0.698. The van der Waals surface area contributed by atoms with E-state index >= 15 is 0 Å². The van der Waals surface area contributed by atoms with Crippen LogP contribution in [-0.2, 0) is 22.6 Å². The number of aliphatic hydroxyl groups excluding tert-OH is 1. The molecule has 1 amide bonds. The van der Waals surface area contributed by atoms with Crippen molar-refractivity contribution < 1.29 is 14.6 Å². The van der Waals surface area contributed by atoms with Gasteiger partial charge in [-0.25, -0.2) is 0 Å². The Hall–Kier alpha value is -2.24. The van der Waals surface area contributed by atoms with Crippen molar-refractivity contribution in [2.75, 3.05) is 18.5 Å². The minimum Gasteiger partial charge on any atom is -0.392 e. The molecule has 5 nitrogen and oxygen atoms in total. The Labute approximate surface area is 136 Å². The van der Waals surface area contributed by atoms with E-state index in [-0.39, 0.29) is 12.5 Å². The van der Waals surface area contributed by atoms with Gasteiger partial charge in [-0.05, 0) is 24.5 Å². The summed E-state index contributed by atoms with van der Waals surface area (Å²) in [4.78, 5) is 15.8. The summed E-state index contributed by atoms with van der Waals surface area (Å²) >= 11 is 0. The zero-order chi connectivity index (χ0) is 16.3. The summed E-state index contributed by atoms with van der Waals surface area (Å²) in [6, 6.07) is 11.8. The number of amides is 1. The molecule has 0 unspecified atom stereocenters. The van der Waals surface area contributed by atoms with Crippen molar-refractivity contribution in [3.8, 4) is 0 Å². The molecule has 1 heterocycles. The monoisotopic (exact) mass is 314 g/mol. The van der Waals surface area contributed by atoms with Gasteiger partial charge in [0.05, 0.1) is 25.1 Å². The number of aliphatic hydroxyl groups is 1. The topological polar surface area (TPSA) is 71.5 Å². The third-order valence-corrected chi connectivity index (χ3v) is 3.43. The smallest absolute Gasteiger partial charge is 0.224 e. The highest BCUT2D eigenvalue weighted by Gasteiger charge is 2.06. The van der Waals surface area contributed by atoms with Crippen LogP contribution in [0.1, 0.15) is 24.0 Å². The summed E-state index contributed by atoms with van der Waals surface area (Å²) in [5.41, 5.74) is 2.47. The van der Waals surface area contributed by atoms with Crippen LogP contribution in [0, 0.1) is 0 Å². The number of anilines is 1.